The molecule has 2 N–H and O–H groups in total. The van der Waals surface area contributed by atoms with Gasteiger partial charge in [-0.1, -0.05) is 13.0 Å². The van der Waals surface area contributed by atoms with E-state index in [-0.39, 0.29) is 5.41 Å². The van der Waals surface area contributed by atoms with Crippen LogP contribution >= 0.6 is 0 Å². The van der Waals surface area contributed by atoms with Gasteiger partial charge in [0.05, 0.1) is 5.60 Å². The van der Waals surface area contributed by atoms with Gasteiger partial charge in [0.15, 0.2) is 0 Å². The molecule has 0 amide bonds. The van der Waals surface area contributed by atoms with Crippen LogP contribution in [0.3, 0.4) is 0 Å². The van der Waals surface area contributed by atoms with Crippen molar-refractivity contribution < 1.29 is 15.0 Å². The van der Waals surface area contributed by atoms with Crippen LogP contribution in [0.5, 0.6) is 0 Å². The minimum atomic E-state index is -0.706. The van der Waals surface area contributed by atoms with E-state index in [4.69, 9.17) is 0 Å². The van der Waals surface area contributed by atoms with Crippen LogP contribution in [0.4, 0.5) is 0 Å². The fraction of sp³-hybridized carbons (Fsp3) is 0.864. The molecule has 7 atom stereocenters. The number of aliphatic hydroxyl groups is 1. The third kappa shape index (κ3) is 3.07. The molecule has 3 heteroatoms. The molecule has 3 saturated carbocycles. The van der Waals surface area contributed by atoms with Gasteiger partial charge in [-0.25, -0.2) is 4.79 Å². The number of carboxylic acid groups (broad SMARTS) is 1. The van der Waals surface area contributed by atoms with E-state index < -0.39 is 11.6 Å². The van der Waals surface area contributed by atoms with Crippen molar-refractivity contribution in [3.63, 3.8) is 0 Å². The van der Waals surface area contributed by atoms with Crippen LogP contribution in [-0.4, -0.2) is 21.8 Å². The molecule has 4 rings (SSSR count). The fourth-order valence-corrected chi connectivity index (χ4v) is 7.30. The van der Waals surface area contributed by atoms with Crippen molar-refractivity contribution in [2.75, 3.05) is 0 Å². The first-order valence-corrected chi connectivity index (χ1v) is 10.5. The predicted octanol–water partition coefficient (Wildman–Crippen LogP) is 4.79. The lowest BCUT2D eigenvalue weighted by Crippen LogP contribution is -2.50. The number of carboxylic acids is 1. The number of hydrogen-bond donors (Lipinski definition) is 2. The van der Waals surface area contributed by atoms with E-state index in [0.717, 1.165) is 49.9 Å². The second-order valence-electron chi connectivity index (χ2n) is 10.1. The van der Waals surface area contributed by atoms with Gasteiger partial charge in [-0.2, -0.15) is 0 Å². The van der Waals surface area contributed by atoms with Crippen LogP contribution in [0.15, 0.2) is 11.6 Å². The summed E-state index contributed by atoms with van der Waals surface area (Å²) in [6, 6.07) is 0. The zero-order valence-electron chi connectivity index (χ0n) is 15.8. The highest BCUT2D eigenvalue weighted by molar-refractivity contribution is 5.86. The summed E-state index contributed by atoms with van der Waals surface area (Å²) in [7, 11) is 0. The van der Waals surface area contributed by atoms with Crippen LogP contribution in [0.25, 0.3) is 0 Å². The van der Waals surface area contributed by atoms with Gasteiger partial charge in [0.25, 0.3) is 0 Å². The number of allylic oxidation sites excluding steroid dienone is 1. The van der Waals surface area contributed by atoms with E-state index in [1.165, 1.54) is 32.1 Å². The molecule has 3 fully saturated rings. The predicted molar refractivity (Wildman–Crippen MR) is 98.1 cm³/mol. The Balaban J connectivity index is 1.58. The standard InChI is InChI=1S/C22H34O3/c1-21-10-8-17-16-9-11-22(2,25)13-14(16)6-7-18(17)19(21)5-3-4-15(12-21)20(23)24/h12,14,16-19,25H,3-11,13H2,1-2H3,(H,23,24)/t14-,16+,17-,18-,19+,21-,22-/m1/s1. The van der Waals surface area contributed by atoms with E-state index in [2.05, 4.69) is 13.0 Å². The van der Waals surface area contributed by atoms with Gasteiger partial charge in [-0.05, 0) is 106 Å². The molecule has 0 saturated heterocycles. The van der Waals surface area contributed by atoms with E-state index in [9.17, 15) is 15.0 Å². The van der Waals surface area contributed by atoms with Crippen molar-refractivity contribution in [1.82, 2.24) is 0 Å². The summed E-state index contributed by atoms with van der Waals surface area (Å²) in [4.78, 5) is 11.6. The Kier molecular flexibility index (Phi) is 4.30. The van der Waals surface area contributed by atoms with Crippen molar-refractivity contribution in [2.24, 2.45) is 35.0 Å². The zero-order valence-corrected chi connectivity index (χ0v) is 15.8. The number of aliphatic carboxylic acids is 1. The Morgan fingerprint density at radius 3 is 2.56 bits per heavy atom. The van der Waals surface area contributed by atoms with Crippen molar-refractivity contribution >= 4 is 5.97 Å². The molecule has 0 radical (unpaired) electrons. The van der Waals surface area contributed by atoms with Crippen LogP contribution in [0.2, 0.25) is 0 Å². The van der Waals surface area contributed by atoms with Crippen LogP contribution < -0.4 is 0 Å². The van der Waals surface area contributed by atoms with Crippen LogP contribution in [0.1, 0.15) is 78.1 Å². The minimum absolute atomic E-state index is 0.0817. The zero-order chi connectivity index (χ0) is 17.8. The Morgan fingerprint density at radius 2 is 1.80 bits per heavy atom. The summed E-state index contributed by atoms with van der Waals surface area (Å²) in [5, 5.41) is 20.0. The molecule has 0 heterocycles. The van der Waals surface area contributed by atoms with Crippen LogP contribution in [0, 0.1) is 35.0 Å². The molecule has 0 aromatic rings. The monoisotopic (exact) mass is 346 g/mol. The van der Waals surface area contributed by atoms with Gasteiger partial charge in [0, 0.05) is 5.57 Å². The maximum atomic E-state index is 11.6. The Hall–Kier alpha value is -0.830. The van der Waals surface area contributed by atoms with E-state index >= 15 is 0 Å². The van der Waals surface area contributed by atoms with Crippen molar-refractivity contribution in [3.05, 3.63) is 11.6 Å². The highest BCUT2D eigenvalue weighted by Gasteiger charge is 2.53. The van der Waals surface area contributed by atoms with Crippen LogP contribution in [-0.2, 0) is 4.79 Å². The minimum Gasteiger partial charge on any atom is -0.478 e. The third-order valence-electron chi connectivity index (χ3n) is 8.41. The molecule has 4 aliphatic rings. The molecule has 0 aliphatic heterocycles. The molecule has 0 unspecified atom stereocenters. The summed E-state index contributed by atoms with van der Waals surface area (Å²) in [5.41, 5.74) is 0.294. The quantitative estimate of drug-likeness (QED) is 0.717. The first kappa shape index (κ1) is 17.6. The largest absolute Gasteiger partial charge is 0.478 e. The molecule has 25 heavy (non-hydrogen) atoms. The van der Waals surface area contributed by atoms with Gasteiger partial charge in [-0.3, -0.25) is 0 Å². The second kappa shape index (κ2) is 6.11. The number of hydrogen-bond acceptors (Lipinski definition) is 2. The average molecular weight is 347 g/mol. The van der Waals surface area contributed by atoms with Gasteiger partial charge in [-0.15, -0.1) is 0 Å². The van der Waals surface area contributed by atoms with Gasteiger partial charge in [0.2, 0.25) is 0 Å². The maximum absolute atomic E-state index is 11.6. The van der Waals surface area contributed by atoms with Crippen molar-refractivity contribution in [3.8, 4) is 0 Å². The molecular weight excluding hydrogens is 312 g/mol. The fourth-order valence-electron chi connectivity index (χ4n) is 7.30. The summed E-state index contributed by atoms with van der Waals surface area (Å²) < 4.78 is 0. The van der Waals surface area contributed by atoms with Gasteiger partial charge >= 0.3 is 5.97 Å². The Morgan fingerprint density at radius 1 is 1.04 bits per heavy atom. The third-order valence-corrected chi connectivity index (χ3v) is 8.41. The van der Waals surface area contributed by atoms with Crippen molar-refractivity contribution in [1.29, 1.82) is 0 Å². The normalized spacial score (nSPS) is 49.9. The number of rotatable bonds is 1. The Bertz CT molecular complexity index is 578. The average Bonchev–Trinajstić information content (AvgIpc) is 2.72. The summed E-state index contributed by atoms with van der Waals surface area (Å²) in [5.74, 6) is 3.05. The lowest BCUT2D eigenvalue weighted by molar-refractivity contribution is -0.132. The number of fused-ring (bicyclic) bond motifs is 5. The molecule has 0 aromatic heterocycles. The first-order chi connectivity index (χ1) is 11.8. The summed E-state index contributed by atoms with van der Waals surface area (Å²) >= 11 is 0. The molecule has 4 aliphatic carbocycles. The summed E-state index contributed by atoms with van der Waals surface area (Å²) in [6.07, 6.45) is 13.2. The topological polar surface area (TPSA) is 57.5 Å². The van der Waals surface area contributed by atoms with E-state index in [0.29, 0.717) is 17.4 Å². The lowest BCUT2D eigenvalue weighted by Gasteiger charge is -2.57. The van der Waals surface area contributed by atoms with Gasteiger partial charge in [0.1, 0.15) is 0 Å². The smallest absolute Gasteiger partial charge is 0.331 e. The summed E-state index contributed by atoms with van der Waals surface area (Å²) in [6.45, 7) is 4.36. The maximum Gasteiger partial charge on any atom is 0.331 e. The SMILES string of the molecule is C[C@@]1(O)CC[C@H]2[C@H](CC[C@@H]3[C@@H]2CC[C@]2(C)C=C(C(=O)O)CCC[C@@H]32)C1. The Labute approximate surface area is 151 Å². The first-order valence-electron chi connectivity index (χ1n) is 10.5. The molecule has 0 aromatic carbocycles. The number of carbonyl (C=O) groups is 1. The lowest BCUT2D eigenvalue weighted by atomic mass is 9.49. The van der Waals surface area contributed by atoms with Crippen molar-refractivity contribution in [2.45, 2.75) is 83.7 Å². The van der Waals surface area contributed by atoms with E-state index in [1.807, 2.05) is 6.92 Å². The molecule has 0 bridgehead atoms. The highest BCUT2D eigenvalue weighted by atomic mass is 16.4. The molecular formula is C22H34O3. The van der Waals surface area contributed by atoms with Gasteiger partial charge < -0.3 is 10.2 Å². The molecule has 3 nitrogen and oxygen atoms in total. The molecule has 0 spiro atoms. The second-order valence-corrected chi connectivity index (χ2v) is 10.1. The van der Waals surface area contributed by atoms with E-state index in [1.54, 1.807) is 0 Å². The molecule has 140 valence electrons. The highest BCUT2D eigenvalue weighted by Crippen LogP contribution is 2.60.